The number of nitrogens with one attached hydrogen (secondary N) is 1. The molecule has 1 aliphatic heterocycles. The number of amides is 2. The molecular formula is C24H19ClN2O4S. The quantitative estimate of drug-likeness (QED) is 0.518. The fourth-order valence-corrected chi connectivity index (χ4v) is 4.48. The Labute approximate surface area is 194 Å². The minimum Gasteiger partial charge on any atom is -0.462 e. The predicted molar refractivity (Wildman–Crippen MR) is 125 cm³/mol. The lowest BCUT2D eigenvalue weighted by Gasteiger charge is -2.23. The first kappa shape index (κ1) is 21.9. The second-order valence-corrected chi connectivity index (χ2v) is 8.47. The van der Waals surface area contributed by atoms with Crippen LogP contribution in [0, 0.1) is 0 Å². The number of halogens is 1. The number of ether oxygens (including phenoxy) is 1. The molecule has 162 valence electrons. The van der Waals surface area contributed by atoms with Crippen molar-refractivity contribution in [3.8, 4) is 0 Å². The Hall–Kier alpha value is -3.29. The Balaban J connectivity index is 1.70. The molecule has 0 atom stereocenters. The van der Waals surface area contributed by atoms with Gasteiger partial charge < -0.3 is 10.1 Å². The minimum atomic E-state index is -0.486. The number of anilines is 2. The van der Waals surface area contributed by atoms with Crippen molar-refractivity contribution in [2.24, 2.45) is 0 Å². The predicted octanol–water partition coefficient (Wildman–Crippen LogP) is 5.27. The second-order valence-electron chi connectivity index (χ2n) is 6.95. The van der Waals surface area contributed by atoms with E-state index in [1.165, 1.54) is 16.7 Å². The molecule has 6 nitrogen and oxygen atoms in total. The van der Waals surface area contributed by atoms with E-state index in [-0.39, 0.29) is 25.0 Å². The highest BCUT2D eigenvalue weighted by Gasteiger charge is 2.29. The van der Waals surface area contributed by atoms with Crippen LogP contribution in [0.2, 0.25) is 5.02 Å². The molecule has 1 aliphatic rings. The van der Waals surface area contributed by atoms with Gasteiger partial charge in [0.1, 0.15) is 6.54 Å². The van der Waals surface area contributed by atoms with E-state index in [2.05, 4.69) is 5.32 Å². The fourth-order valence-electron chi connectivity index (χ4n) is 3.30. The van der Waals surface area contributed by atoms with Crippen LogP contribution in [-0.4, -0.2) is 30.9 Å². The van der Waals surface area contributed by atoms with Crippen LogP contribution < -0.4 is 10.2 Å². The van der Waals surface area contributed by atoms with Crippen LogP contribution in [0.15, 0.2) is 76.5 Å². The molecule has 32 heavy (non-hydrogen) atoms. The number of hydrogen-bond donors (Lipinski definition) is 1. The van der Waals surface area contributed by atoms with E-state index in [4.69, 9.17) is 16.3 Å². The Morgan fingerprint density at radius 3 is 2.53 bits per heavy atom. The lowest BCUT2D eigenvalue weighted by molar-refractivity contribution is -0.114. The van der Waals surface area contributed by atoms with Gasteiger partial charge >= 0.3 is 5.97 Å². The lowest BCUT2D eigenvalue weighted by Crippen LogP contribution is -2.38. The van der Waals surface area contributed by atoms with Crippen molar-refractivity contribution in [1.82, 2.24) is 0 Å². The molecule has 4 rings (SSSR count). The maximum Gasteiger partial charge on any atom is 0.338 e. The van der Waals surface area contributed by atoms with Gasteiger partial charge in [0.25, 0.3) is 5.91 Å². The number of rotatable bonds is 5. The van der Waals surface area contributed by atoms with Gasteiger partial charge in [-0.1, -0.05) is 35.5 Å². The summed E-state index contributed by atoms with van der Waals surface area (Å²) in [4.78, 5) is 41.5. The van der Waals surface area contributed by atoms with Gasteiger partial charge in [-0.2, -0.15) is 0 Å². The van der Waals surface area contributed by atoms with Gasteiger partial charge in [0.05, 0.1) is 23.4 Å². The van der Waals surface area contributed by atoms with Crippen LogP contribution in [0.5, 0.6) is 0 Å². The van der Waals surface area contributed by atoms with Crippen molar-refractivity contribution < 1.29 is 19.1 Å². The van der Waals surface area contributed by atoms with Crippen molar-refractivity contribution in [2.75, 3.05) is 23.4 Å². The third kappa shape index (κ3) is 4.64. The van der Waals surface area contributed by atoms with Crippen LogP contribution in [0.3, 0.4) is 0 Å². The lowest BCUT2D eigenvalue weighted by atomic mass is 10.1. The van der Waals surface area contributed by atoms with Gasteiger partial charge in [-0.15, -0.1) is 0 Å². The first-order valence-electron chi connectivity index (χ1n) is 9.91. The Kier molecular flexibility index (Phi) is 6.48. The van der Waals surface area contributed by atoms with Crippen molar-refractivity contribution in [3.63, 3.8) is 0 Å². The first-order valence-corrected chi connectivity index (χ1v) is 11.1. The van der Waals surface area contributed by atoms with Crippen molar-refractivity contribution >= 4 is 52.5 Å². The number of nitrogens with zero attached hydrogens (tertiary/aromatic N) is 1. The maximum absolute atomic E-state index is 13.4. The Morgan fingerprint density at radius 2 is 1.78 bits per heavy atom. The number of carbonyl (C=O) groups is 3. The monoisotopic (exact) mass is 466 g/mol. The van der Waals surface area contributed by atoms with Crippen molar-refractivity contribution in [2.45, 2.75) is 16.7 Å². The minimum absolute atomic E-state index is 0.227. The molecule has 0 saturated heterocycles. The summed E-state index contributed by atoms with van der Waals surface area (Å²) in [6, 6.07) is 19.0. The number of benzene rings is 3. The Bertz CT molecular complexity index is 1200. The standard InChI is InChI=1S/C24H19ClN2O4S/c1-2-31-24(30)15-7-12-21-19(13-15)27(23(29)18-5-3-4-6-20(18)32-21)14-22(28)26-17-10-8-16(25)9-11-17/h3-13H,2,14H2,1H3,(H,26,28). The normalized spacial score (nSPS) is 12.4. The molecule has 0 spiro atoms. The molecule has 0 unspecified atom stereocenters. The molecule has 2 amide bonds. The Morgan fingerprint density at radius 1 is 1.03 bits per heavy atom. The average Bonchev–Trinajstić information content (AvgIpc) is 2.90. The number of hydrogen-bond acceptors (Lipinski definition) is 5. The zero-order valence-corrected chi connectivity index (χ0v) is 18.7. The van der Waals surface area contributed by atoms with Crippen LogP contribution >= 0.6 is 23.4 Å². The van der Waals surface area contributed by atoms with Crippen LogP contribution in [-0.2, 0) is 9.53 Å². The summed E-state index contributed by atoms with van der Waals surface area (Å²) >= 11 is 7.32. The summed E-state index contributed by atoms with van der Waals surface area (Å²) in [6.45, 7) is 1.74. The highest BCUT2D eigenvalue weighted by atomic mass is 35.5. The van der Waals surface area contributed by atoms with E-state index in [0.717, 1.165) is 9.79 Å². The van der Waals surface area contributed by atoms with Crippen molar-refractivity contribution in [3.05, 3.63) is 82.9 Å². The van der Waals surface area contributed by atoms with Gasteiger partial charge in [-0.3, -0.25) is 14.5 Å². The molecular weight excluding hydrogens is 448 g/mol. The summed E-state index contributed by atoms with van der Waals surface area (Å²) in [6.07, 6.45) is 0. The number of fused-ring (bicyclic) bond motifs is 2. The van der Waals surface area contributed by atoms with Crippen LogP contribution in [0.25, 0.3) is 0 Å². The highest BCUT2D eigenvalue weighted by Crippen LogP contribution is 2.41. The third-order valence-corrected chi connectivity index (χ3v) is 6.17. The molecule has 0 radical (unpaired) electrons. The van der Waals surface area contributed by atoms with Gasteiger partial charge in [-0.25, -0.2) is 4.79 Å². The van der Waals surface area contributed by atoms with E-state index < -0.39 is 5.97 Å². The number of esters is 1. The molecule has 1 N–H and O–H groups in total. The van der Waals surface area contributed by atoms with Crippen LogP contribution in [0.1, 0.15) is 27.6 Å². The summed E-state index contributed by atoms with van der Waals surface area (Å²) < 4.78 is 5.10. The molecule has 0 aliphatic carbocycles. The SMILES string of the molecule is CCOC(=O)c1ccc2c(c1)N(CC(=O)Nc1ccc(Cl)cc1)C(=O)c1ccccc1S2. The summed E-state index contributed by atoms with van der Waals surface area (Å²) in [7, 11) is 0. The van der Waals surface area contributed by atoms with Gasteiger partial charge in [0.15, 0.2) is 0 Å². The van der Waals surface area contributed by atoms with E-state index in [1.807, 2.05) is 12.1 Å². The fraction of sp³-hybridized carbons (Fsp3) is 0.125. The van der Waals surface area contributed by atoms with E-state index >= 15 is 0 Å². The maximum atomic E-state index is 13.4. The molecule has 3 aromatic carbocycles. The topological polar surface area (TPSA) is 75.7 Å². The molecule has 0 fully saturated rings. The number of carbonyl (C=O) groups excluding carboxylic acids is 3. The molecule has 0 saturated carbocycles. The second kappa shape index (κ2) is 9.46. The first-order chi connectivity index (χ1) is 15.5. The zero-order valence-electron chi connectivity index (χ0n) is 17.1. The van der Waals surface area contributed by atoms with Gasteiger partial charge in [0, 0.05) is 20.5 Å². The third-order valence-electron chi connectivity index (χ3n) is 4.77. The van der Waals surface area contributed by atoms with E-state index in [0.29, 0.717) is 27.5 Å². The molecule has 0 aromatic heterocycles. The summed E-state index contributed by atoms with van der Waals surface area (Å²) in [5.74, 6) is -1.18. The zero-order chi connectivity index (χ0) is 22.7. The van der Waals surface area contributed by atoms with Crippen molar-refractivity contribution in [1.29, 1.82) is 0 Å². The average molecular weight is 467 g/mol. The van der Waals surface area contributed by atoms with E-state index in [9.17, 15) is 14.4 Å². The summed E-state index contributed by atoms with van der Waals surface area (Å²) in [5, 5.41) is 3.34. The summed E-state index contributed by atoms with van der Waals surface area (Å²) in [5.41, 5.74) is 1.85. The van der Waals surface area contributed by atoms with Gasteiger partial charge in [0.2, 0.25) is 5.91 Å². The molecule has 3 aromatic rings. The van der Waals surface area contributed by atoms with Crippen LogP contribution in [0.4, 0.5) is 11.4 Å². The van der Waals surface area contributed by atoms with E-state index in [1.54, 1.807) is 61.5 Å². The largest absolute Gasteiger partial charge is 0.462 e. The highest BCUT2D eigenvalue weighted by molar-refractivity contribution is 7.99. The molecule has 1 heterocycles. The molecule has 8 heteroatoms. The molecule has 0 bridgehead atoms. The van der Waals surface area contributed by atoms with Gasteiger partial charge in [-0.05, 0) is 61.5 Å². The smallest absolute Gasteiger partial charge is 0.338 e.